The highest BCUT2D eigenvalue weighted by molar-refractivity contribution is 6.05. The first-order valence-corrected chi connectivity index (χ1v) is 11.5. The number of hydrogen-bond donors (Lipinski definition) is 3. The van der Waals surface area contributed by atoms with Crippen LogP contribution < -0.4 is 21.1 Å². The van der Waals surface area contributed by atoms with E-state index in [9.17, 15) is 4.79 Å². The lowest BCUT2D eigenvalue weighted by atomic mass is 9.96. The van der Waals surface area contributed by atoms with Crippen molar-refractivity contribution in [2.24, 2.45) is 0 Å². The predicted molar refractivity (Wildman–Crippen MR) is 133 cm³/mol. The van der Waals surface area contributed by atoms with E-state index in [1.54, 1.807) is 7.11 Å². The number of methoxy groups -OCH3 is 1. The minimum absolute atomic E-state index is 0.176. The quantitative estimate of drug-likeness (QED) is 0.359. The first-order chi connectivity index (χ1) is 16.6. The Morgan fingerprint density at radius 2 is 1.71 bits per heavy atom. The van der Waals surface area contributed by atoms with Crippen molar-refractivity contribution in [3.63, 3.8) is 0 Å². The third kappa shape index (κ3) is 4.39. The van der Waals surface area contributed by atoms with Crippen LogP contribution in [-0.4, -0.2) is 29.2 Å². The number of nitrogens with two attached hydrogens (primary N) is 1. The van der Waals surface area contributed by atoms with Crippen LogP contribution in [-0.2, 0) is 0 Å². The summed E-state index contributed by atoms with van der Waals surface area (Å²) in [7, 11) is 1.63. The van der Waals surface area contributed by atoms with Gasteiger partial charge in [0, 0.05) is 22.9 Å². The Morgan fingerprint density at radius 3 is 2.41 bits per heavy atom. The van der Waals surface area contributed by atoms with E-state index in [1.165, 1.54) is 25.6 Å². The summed E-state index contributed by atoms with van der Waals surface area (Å²) in [4.78, 5) is 20.9. The number of nitrogens with zero attached hydrogens (tertiary/aromatic N) is 2. The molecule has 0 saturated heterocycles. The molecule has 8 heteroatoms. The third-order valence-electron chi connectivity index (χ3n) is 6.24. The average molecular weight is 458 g/mol. The zero-order valence-corrected chi connectivity index (χ0v) is 19.0. The lowest BCUT2D eigenvalue weighted by Crippen LogP contribution is -2.38. The highest BCUT2D eigenvalue weighted by Gasteiger charge is 2.21. The monoisotopic (exact) mass is 457 g/mol. The van der Waals surface area contributed by atoms with Gasteiger partial charge in [0.25, 0.3) is 0 Å². The summed E-state index contributed by atoms with van der Waals surface area (Å²) in [5.41, 5.74) is 9.89. The van der Waals surface area contributed by atoms with Crippen LogP contribution in [0.3, 0.4) is 0 Å². The van der Waals surface area contributed by atoms with Crippen LogP contribution in [0.1, 0.15) is 32.1 Å². The SMILES string of the molecule is COc1ccc(-c2oc3ncnc(N)c3c2-c2ccc(NC(=O)NC3CCCCC3)cc2)cc1. The predicted octanol–water partition coefficient (Wildman–Crippen LogP) is 5.60. The molecule has 5 rings (SSSR count). The van der Waals surface area contributed by atoms with Crippen molar-refractivity contribution in [3.05, 3.63) is 54.9 Å². The number of anilines is 2. The Bertz CT molecular complexity index is 1290. The molecule has 0 aliphatic heterocycles. The van der Waals surface area contributed by atoms with Crippen LogP contribution in [0.4, 0.5) is 16.3 Å². The molecular formula is C26H27N5O3. The summed E-state index contributed by atoms with van der Waals surface area (Å²) in [6.45, 7) is 0. The molecule has 1 fully saturated rings. The van der Waals surface area contributed by atoms with Crippen molar-refractivity contribution in [1.82, 2.24) is 15.3 Å². The van der Waals surface area contributed by atoms with Crippen molar-refractivity contribution in [3.8, 4) is 28.2 Å². The normalized spacial score (nSPS) is 14.1. The van der Waals surface area contributed by atoms with Crippen LogP contribution >= 0.6 is 0 Å². The van der Waals surface area contributed by atoms with E-state index in [2.05, 4.69) is 20.6 Å². The minimum Gasteiger partial charge on any atom is -0.497 e. The van der Waals surface area contributed by atoms with E-state index in [0.29, 0.717) is 28.4 Å². The minimum atomic E-state index is -0.176. The van der Waals surface area contributed by atoms with Crippen LogP contribution in [0.25, 0.3) is 33.6 Å². The second-order valence-electron chi connectivity index (χ2n) is 8.48. The van der Waals surface area contributed by atoms with Gasteiger partial charge in [0.1, 0.15) is 23.7 Å². The van der Waals surface area contributed by atoms with E-state index >= 15 is 0 Å². The average Bonchev–Trinajstić information content (AvgIpc) is 3.26. The van der Waals surface area contributed by atoms with E-state index in [1.807, 2.05) is 48.5 Å². The van der Waals surface area contributed by atoms with Gasteiger partial charge in [-0.1, -0.05) is 31.4 Å². The lowest BCUT2D eigenvalue weighted by Gasteiger charge is -2.22. The summed E-state index contributed by atoms with van der Waals surface area (Å²) in [6, 6.07) is 15.3. The second kappa shape index (κ2) is 9.43. The van der Waals surface area contributed by atoms with Crippen molar-refractivity contribution in [2.75, 3.05) is 18.2 Å². The van der Waals surface area contributed by atoms with Gasteiger partial charge in [0.05, 0.1) is 12.5 Å². The number of nitrogen functional groups attached to an aromatic ring is 1. The number of rotatable bonds is 5. The van der Waals surface area contributed by atoms with Crippen molar-refractivity contribution in [1.29, 1.82) is 0 Å². The molecule has 0 unspecified atom stereocenters. The van der Waals surface area contributed by atoms with E-state index in [4.69, 9.17) is 14.9 Å². The number of ether oxygens (including phenoxy) is 1. The molecular weight excluding hydrogens is 430 g/mol. The molecule has 1 aliphatic rings. The highest BCUT2D eigenvalue weighted by atomic mass is 16.5. The molecule has 2 aromatic carbocycles. The van der Waals surface area contributed by atoms with Gasteiger partial charge in [0.2, 0.25) is 5.71 Å². The molecule has 34 heavy (non-hydrogen) atoms. The molecule has 0 spiro atoms. The van der Waals surface area contributed by atoms with E-state index in [0.717, 1.165) is 35.3 Å². The number of hydrogen-bond acceptors (Lipinski definition) is 6. The van der Waals surface area contributed by atoms with Crippen molar-refractivity contribution in [2.45, 2.75) is 38.1 Å². The molecule has 174 valence electrons. The molecule has 1 saturated carbocycles. The number of furan rings is 1. The summed E-state index contributed by atoms with van der Waals surface area (Å²) in [5.74, 6) is 1.74. The first kappa shape index (κ1) is 21.8. The first-order valence-electron chi connectivity index (χ1n) is 11.5. The Kier molecular flexibility index (Phi) is 6.03. The molecule has 2 aromatic heterocycles. The second-order valence-corrected chi connectivity index (χ2v) is 8.48. The molecule has 0 atom stereocenters. The number of fused-ring (bicyclic) bond motifs is 1. The Morgan fingerprint density at radius 1 is 1.00 bits per heavy atom. The summed E-state index contributed by atoms with van der Waals surface area (Å²) in [6.07, 6.45) is 7.05. The summed E-state index contributed by atoms with van der Waals surface area (Å²) >= 11 is 0. The zero-order valence-electron chi connectivity index (χ0n) is 19.0. The maximum Gasteiger partial charge on any atom is 0.319 e. The molecule has 0 radical (unpaired) electrons. The van der Waals surface area contributed by atoms with Crippen LogP contribution in [0.15, 0.2) is 59.3 Å². The molecule has 1 aliphatic carbocycles. The van der Waals surface area contributed by atoms with Crippen molar-refractivity contribution < 1.29 is 13.9 Å². The zero-order chi connectivity index (χ0) is 23.5. The number of carbonyl (C=O) groups is 1. The smallest absolute Gasteiger partial charge is 0.319 e. The maximum atomic E-state index is 12.4. The van der Waals surface area contributed by atoms with Crippen LogP contribution in [0.2, 0.25) is 0 Å². The molecule has 2 amide bonds. The van der Waals surface area contributed by atoms with Crippen LogP contribution in [0.5, 0.6) is 5.75 Å². The number of nitrogens with one attached hydrogen (secondary N) is 2. The molecule has 2 heterocycles. The topological polar surface area (TPSA) is 115 Å². The maximum absolute atomic E-state index is 12.4. The van der Waals surface area contributed by atoms with Gasteiger partial charge in [-0.15, -0.1) is 0 Å². The lowest BCUT2D eigenvalue weighted by molar-refractivity contribution is 0.244. The number of urea groups is 1. The summed E-state index contributed by atoms with van der Waals surface area (Å²) in [5, 5.41) is 6.66. The molecule has 4 N–H and O–H groups in total. The Balaban J connectivity index is 1.45. The number of benzene rings is 2. The third-order valence-corrected chi connectivity index (χ3v) is 6.24. The van der Waals surface area contributed by atoms with Crippen molar-refractivity contribution >= 4 is 28.6 Å². The fraction of sp³-hybridized carbons (Fsp3) is 0.269. The van der Waals surface area contributed by atoms with E-state index in [-0.39, 0.29) is 12.1 Å². The number of carbonyl (C=O) groups excluding carboxylic acids is 1. The van der Waals surface area contributed by atoms with Gasteiger partial charge in [0.15, 0.2) is 0 Å². The largest absolute Gasteiger partial charge is 0.497 e. The van der Waals surface area contributed by atoms with Crippen LogP contribution in [0, 0.1) is 0 Å². The fourth-order valence-electron chi connectivity index (χ4n) is 4.50. The molecule has 0 bridgehead atoms. The molecule has 4 aromatic rings. The fourth-order valence-corrected chi connectivity index (χ4v) is 4.50. The molecule has 8 nitrogen and oxygen atoms in total. The Hall–Kier alpha value is -4.07. The van der Waals surface area contributed by atoms with Gasteiger partial charge in [-0.25, -0.2) is 14.8 Å². The number of aromatic nitrogens is 2. The van der Waals surface area contributed by atoms with Gasteiger partial charge in [-0.3, -0.25) is 0 Å². The highest BCUT2D eigenvalue weighted by Crippen LogP contribution is 2.42. The van der Waals surface area contributed by atoms with Gasteiger partial charge in [-0.2, -0.15) is 0 Å². The van der Waals surface area contributed by atoms with Gasteiger partial charge >= 0.3 is 6.03 Å². The van der Waals surface area contributed by atoms with Gasteiger partial charge in [-0.05, 0) is 54.8 Å². The number of amides is 2. The van der Waals surface area contributed by atoms with Gasteiger partial charge < -0.3 is 25.5 Å². The van der Waals surface area contributed by atoms with E-state index < -0.39 is 0 Å². The standard InChI is InChI=1S/C26H27N5O3/c1-33-20-13-9-17(10-14-20)23-21(22-24(27)28-15-29-25(22)34-23)16-7-11-19(12-8-16)31-26(32)30-18-5-3-2-4-6-18/h7-15,18H,2-6H2,1H3,(H2,27,28,29)(H2,30,31,32). The Labute approximate surface area is 197 Å². The summed E-state index contributed by atoms with van der Waals surface area (Å²) < 4.78 is 11.4.